The van der Waals surface area contributed by atoms with Gasteiger partial charge in [-0.05, 0) is 61.2 Å². The molecule has 2 saturated carbocycles. The zero-order valence-electron chi connectivity index (χ0n) is 29.4. The van der Waals surface area contributed by atoms with Crippen molar-refractivity contribution in [2.45, 2.75) is 130 Å². The SMILES string of the molecule is CCNC(=O)OC[C@@H](NC(=O)N[C@H](C(=O)N1CC[C@H](C(C)C)[C@H]1C(=O)NC(CC1CC1)C(=O)C(N)=O)C1(C)CCCCC1)C(C)(C)C. The second-order valence-electron chi connectivity index (χ2n) is 15.5. The van der Waals surface area contributed by atoms with Gasteiger partial charge in [0.2, 0.25) is 17.6 Å². The Labute approximate surface area is 279 Å². The van der Waals surface area contributed by atoms with Gasteiger partial charge in [0.25, 0.3) is 5.91 Å². The van der Waals surface area contributed by atoms with Crippen LogP contribution in [0, 0.1) is 28.6 Å². The third kappa shape index (κ3) is 10.3. The lowest BCUT2D eigenvalue weighted by Gasteiger charge is -2.43. The number of carbonyl (C=O) groups is 6. The molecule has 0 aromatic carbocycles. The van der Waals surface area contributed by atoms with E-state index in [0.717, 1.165) is 44.9 Å². The zero-order valence-corrected chi connectivity index (χ0v) is 29.4. The predicted octanol–water partition coefficient (Wildman–Crippen LogP) is 3.00. The number of likely N-dealkylation sites (tertiary alicyclic amines) is 1. The maximum absolute atomic E-state index is 14.6. The molecule has 0 aromatic heterocycles. The van der Waals surface area contributed by atoms with E-state index in [4.69, 9.17) is 10.5 Å². The molecule has 1 unspecified atom stereocenters. The summed E-state index contributed by atoms with van der Waals surface area (Å²) in [5.41, 5.74) is 4.29. The normalized spacial score (nSPS) is 22.9. The first-order valence-electron chi connectivity index (χ1n) is 17.4. The van der Waals surface area contributed by atoms with Crippen molar-refractivity contribution >= 4 is 35.6 Å². The van der Waals surface area contributed by atoms with Crippen LogP contribution in [0.3, 0.4) is 0 Å². The number of nitrogens with one attached hydrogen (secondary N) is 4. The Morgan fingerprint density at radius 1 is 0.957 bits per heavy atom. The maximum atomic E-state index is 14.6. The summed E-state index contributed by atoms with van der Waals surface area (Å²) in [6, 6.07) is -3.96. The molecule has 47 heavy (non-hydrogen) atoms. The number of rotatable bonds is 14. The van der Waals surface area contributed by atoms with Crippen LogP contribution in [0.5, 0.6) is 0 Å². The molecule has 2 aliphatic carbocycles. The summed E-state index contributed by atoms with van der Waals surface area (Å²) in [5, 5.41) is 11.3. The molecule has 1 saturated heterocycles. The Morgan fingerprint density at radius 3 is 2.13 bits per heavy atom. The van der Waals surface area contributed by atoms with Crippen molar-refractivity contribution in [3.8, 4) is 0 Å². The Hall–Kier alpha value is -3.38. The highest BCUT2D eigenvalue weighted by Crippen LogP contribution is 2.41. The molecular formula is C34H58N6O7. The molecule has 0 radical (unpaired) electrons. The standard InChI is InChI=1S/C34H58N6O7/c1-8-36-32(46)47-19-24(33(4,5)6)38-31(45)39-27(34(7)15-10-9-11-16-34)30(44)40-17-14-22(20(2)3)25(40)29(43)37-23(18-21-12-13-21)26(41)28(35)42/h20-25,27H,8-19H2,1-7H3,(H2,35,42)(H,36,46)(H,37,43)(H2,38,39,45)/t22-,23?,24-,25+,27-/m1/s1. The molecule has 0 bridgehead atoms. The molecule has 13 nitrogen and oxygen atoms in total. The minimum atomic E-state index is -1.10. The molecule has 3 rings (SSSR count). The van der Waals surface area contributed by atoms with Crippen molar-refractivity contribution in [1.29, 1.82) is 0 Å². The van der Waals surface area contributed by atoms with Gasteiger partial charge in [-0.3, -0.25) is 19.2 Å². The fourth-order valence-corrected chi connectivity index (χ4v) is 6.99. The highest BCUT2D eigenvalue weighted by atomic mass is 16.5. The molecule has 3 fully saturated rings. The van der Waals surface area contributed by atoms with Gasteiger partial charge in [0.1, 0.15) is 18.7 Å². The van der Waals surface area contributed by atoms with Crippen molar-refractivity contribution < 1.29 is 33.5 Å². The molecule has 266 valence electrons. The number of carbonyl (C=O) groups excluding carboxylic acids is 6. The first-order valence-corrected chi connectivity index (χ1v) is 17.4. The van der Waals surface area contributed by atoms with E-state index in [1.165, 1.54) is 0 Å². The lowest BCUT2D eigenvalue weighted by atomic mass is 9.70. The third-order valence-corrected chi connectivity index (χ3v) is 10.3. The molecule has 5 atom stereocenters. The summed E-state index contributed by atoms with van der Waals surface area (Å²) in [4.78, 5) is 80.3. The monoisotopic (exact) mass is 662 g/mol. The Balaban J connectivity index is 1.87. The number of hydrogen-bond acceptors (Lipinski definition) is 7. The third-order valence-electron chi connectivity index (χ3n) is 10.3. The van der Waals surface area contributed by atoms with E-state index in [-0.39, 0.29) is 30.3 Å². The minimum absolute atomic E-state index is 0.0506. The summed E-state index contributed by atoms with van der Waals surface area (Å²) >= 11 is 0. The molecule has 1 heterocycles. The van der Waals surface area contributed by atoms with E-state index in [0.29, 0.717) is 25.9 Å². The van der Waals surface area contributed by atoms with Gasteiger partial charge >= 0.3 is 12.1 Å². The number of Topliss-reactive ketones (excluding diaryl/α,β-unsaturated/α-hetero) is 1. The van der Waals surface area contributed by atoms with Gasteiger partial charge in [-0.2, -0.15) is 0 Å². The number of hydrogen-bond donors (Lipinski definition) is 5. The molecule has 13 heteroatoms. The number of ether oxygens (including phenoxy) is 1. The number of nitrogens with two attached hydrogens (primary N) is 1. The van der Waals surface area contributed by atoms with Crippen LogP contribution in [0.15, 0.2) is 0 Å². The zero-order chi connectivity index (χ0) is 35.1. The van der Waals surface area contributed by atoms with Gasteiger partial charge in [0, 0.05) is 13.1 Å². The van der Waals surface area contributed by atoms with E-state index < -0.39 is 64.7 Å². The van der Waals surface area contributed by atoms with Crippen LogP contribution in [-0.2, 0) is 23.9 Å². The van der Waals surface area contributed by atoms with E-state index in [9.17, 15) is 28.8 Å². The van der Waals surface area contributed by atoms with Gasteiger partial charge in [0.05, 0.1) is 12.1 Å². The van der Waals surface area contributed by atoms with Crippen molar-refractivity contribution in [2.24, 2.45) is 34.3 Å². The van der Waals surface area contributed by atoms with Crippen LogP contribution in [0.25, 0.3) is 0 Å². The molecule has 6 N–H and O–H groups in total. The fraction of sp³-hybridized carbons (Fsp3) is 0.824. The van der Waals surface area contributed by atoms with Gasteiger partial charge in [0.15, 0.2) is 0 Å². The lowest BCUT2D eigenvalue weighted by Crippen LogP contribution is -2.63. The molecular weight excluding hydrogens is 604 g/mol. The molecule has 0 spiro atoms. The maximum Gasteiger partial charge on any atom is 0.407 e. The van der Waals surface area contributed by atoms with Crippen LogP contribution >= 0.6 is 0 Å². The van der Waals surface area contributed by atoms with Gasteiger partial charge in [-0.25, -0.2) is 9.59 Å². The van der Waals surface area contributed by atoms with E-state index >= 15 is 0 Å². The summed E-state index contributed by atoms with van der Waals surface area (Å²) in [5.74, 6) is -2.66. The Bertz CT molecular complexity index is 1160. The smallest absolute Gasteiger partial charge is 0.407 e. The predicted molar refractivity (Wildman–Crippen MR) is 177 cm³/mol. The molecule has 0 aromatic rings. The number of amides is 6. The second kappa shape index (κ2) is 16.1. The average molecular weight is 663 g/mol. The highest BCUT2D eigenvalue weighted by molar-refractivity contribution is 6.37. The first kappa shape index (κ1) is 38.1. The van der Waals surface area contributed by atoms with Gasteiger partial charge in [-0.1, -0.05) is 73.6 Å². The van der Waals surface area contributed by atoms with Crippen LogP contribution in [0.1, 0.15) is 106 Å². The van der Waals surface area contributed by atoms with Crippen molar-refractivity contribution in [3.63, 3.8) is 0 Å². The number of urea groups is 1. The first-order chi connectivity index (χ1) is 22.0. The topological polar surface area (TPSA) is 189 Å². The summed E-state index contributed by atoms with van der Waals surface area (Å²) < 4.78 is 5.34. The van der Waals surface area contributed by atoms with E-state index in [1.807, 2.05) is 41.5 Å². The quantitative estimate of drug-likeness (QED) is 0.177. The number of alkyl carbamates (subject to hydrolysis) is 1. The van der Waals surface area contributed by atoms with E-state index in [2.05, 4.69) is 21.3 Å². The fourth-order valence-electron chi connectivity index (χ4n) is 6.99. The number of ketones is 1. The van der Waals surface area contributed by atoms with Crippen molar-refractivity contribution in [3.05, 3.63) is 0 Å². The largest absolute Gasteiger partial charge is 0.447 e. The lowest BCUT2D eigenvalue weighted by molar-refractivity contribution is -0.145. The summed E-state index contributed by atoms with van der Waals surface area (Å²) in [6.45, 7) is 14.2. The van der Waals surface area contributed by atoms with Gasteiger partial charge < -0.3 is 36.6 Å². The average Bonchev–Trinajstić information content (AvgIpc) is 3.69. The van der Waals surface area contributed by atoms with Crippen LogP contribution in [0.2, 0.25) is 0 Å². The van der Waals surface area contributed by atoms with Crippen LogP contribution < -0.4 is 27.0 Å². The molecule has 3 aliphatic rings. The highest BCUT2D eigenvalue weighted by Gasteiger charge is 2.50. The second-order valence-corrected chi connectivity index (χ2v) is 15.5. The Morgan fingerprint density at radius 2 is 1.60 bits per heavy atom. The van der Waals surface area contributed by atoms with E-state index in [1.54, 1.807) is 11.8 Å². The van der Waals surface area contributed by atoms with Crippen molar-refractivity contribution in [2.75, 3.05) is 19.7 Å². The number of nitrogens with zero attached hydrogens (tertiary/aromatic N) is 1. The minimum Gasteiger partial charge on any atom is -0.447 e. The van der Waals surface area contributed by atoms with Crippen molar-refractivity contribution in [1.82, 2.24) is 26.2 Å². The summed E-state index contributed by atoms with van der Waals surface area (Å²) in [6.07, 6.45) is 6.47. The number of primary amides is 1. The summed E-state index contributed by atoms with van der Waals surface area (Å²) in [7, 11) is 0. The Kier molecular flexibility index (Phi) is 13.1. The van der Waals surface area contributed by atoms with Gasteiger partial charge in [-0.15, -0.1) is 0 Å². The van der Waals surface area contributed by atoms with Crippen LogP contribution in [-0.4, -0.2) is 84.4 Å². The molecule has 1 aliphatic heterocycles. The van der Waals surface area contributed by atoms with Crippen LogP contribution in [0.4, 0.5) is 9.59 Å². The molecule has 6 amide bonds.